The third-order valence-electron chi connectivity index (χ3n) is 3.54. The van der Waals surface area contributed by atoms with Crippen LogP contribution < -0.4 is 5.32 Å². The maximum absolute atomic E-state index is 12.5. The van der Waals surface area contributed by atoms with Gasteiger partial charge in [0.15, 0.2) is 5.65 Å². The number of nitrogens with one attached hydrogen (secondary N) is 1. The molecule has 20 heavy (non-hydrogen) atoms. The summed E-state index contributed by atoms with van der Waals surface area (Å²) in [6.07, 6.45) is 0.909. The van der Waals surface area contributed by atoms with Crippen LogP contribution in [0.5, 0.6) is 0 Å². The van der Waals surface area contributed by atoms with Crippen LogP contribution in [0, 0.1) is 13.8 Å². The van der Waals surface area contributed by atoms with Gasteiger partial charge < -0.3 is 5.32 Å². The van der Waals surface area contributed by atoms with E-state index in [1.807, 2.05) is 38.4 Å². The first-order chi connectivity index (χ1) is 9.47. The van der Waals surface area contributed by atoms with Gasteiger partial charge in [0.25, 0.3) is 5.91 Å². The molecule has 0 aliphatic rings. The highest BCUT2D eigenvalue weighted by molar-refractivity contribution is 6.06. The summed E-state index contributed by atoms with van der Waals surface area (Å²) < 4.78 is 1.84. The number of carbonyl (C=O) groups excluding carboxylic acids is 1. The lowest BCUT2D eigenvalue weighted by Crippen LogP contribution is -2.32. The average Bonchev–Trinajstić information content (AvgIpc) is 2.74. The number of aryl methyl sites for hydroxylation is 3. The normalized spacial score (nSPS) is 12.7. The highest BCUT2D eigenvalue weighted by atomic mass is 16.1. The number of aromatic nitrogens is 3. The Labute approximate surface area is 119 Å². The fourth-order valence-corrected chi connectivity index (χ4v) is 2.28. The van der Waals surface area contributed by atoms with E-state index in [0.29, 0.717) is 5.56 Å². The van der Waals surface area contributed by atoms with E-state index in [9.17, 15) is 4.79 Å². The predicted molar refractivity (Wildman–Crippen MR) is 79.9 cm³/mol. The maximum atomic E-state index is 12.5. The SMILES string of the molecule is CCC(C)NC(=O)c1cc(C)nc2c1c(C)nn2CC. The van der Waals surface area contributed by atoms with E-state index < -0.39 is 0 Å². The van der Waals surface area contributed by atoms with Gasteiger partial charge in [-0.25, -0.2) is 9.67 Å². The lowest BCUT2D eigenvalue weighted by molar-refractivity contribution is 0.0940. The zero-order valence-corrected chi connectivity index (χ0v) is 12.8. The maximum Gasteiger partial charge on any atom is 0.252 e. The Hall–Kier alpha value is -1.91. The van der Waals surface area contributed by atoms with E-state index in [1.165, 1.54) is 0 Å². The van der Waals surface area contributed by atoms with Crippen LogP contribution >= 0.6 is 0 Å². The molecular formula is C15H22N4O. The van der Waals surface area contributed by atoms with Crippen LogP contribution in [0.4, 0.5) is 0 Å². The molecule has 0 bridgehead atoms. The number of pyridine rings is 1. The van der Waals surface area contributed by atoms with E-state index in [-0.39, 0.29) is 11.9 Å². The predicted octanol–water partition coefficient (Wildman–Crippen LogP) is 2.60. The fourth-order valence-electron chi connectivity index (χ4n) is 2.28. The molecule has 1 N–H and O–H groups in total. The van der Waals surface area contributed by atoms with Crippen molar-refractivity contribution in [2.45, 2.75) is 53.6 Å². The van der Waals surface area contributed by atoms with E-state index in [2.05, 4.69) is 22.3 Å². The smallest absolute Gasteiger partial charge is 0.252 e. The molecule has 1 amide bonds. The van der Waals surface area contributed by atoms with Gasteiger partial charge in [-0.05, 0) is 40.2 Å². The highest BCUT2D eigenvalue weighted by Crippen LogP contribution is 2.22. The van der Waals surface area contributed by atoms with Crippen molar-refractivity contribution < 1.29 is 4.79 Å². The Morgan fingerprint density at radius 1 is 1.40 bits per heavy atom. The van der Waals surface area contributed by atoms with Gasteiger partial charge in [-0.1, -0.05) is 6.92 Å². The molecule has 2 rings (SSSR count). The van der Waals surface area contributed by atoms with Crippen molar-refractivity contribution in [1.82, 2.24) is 20.1 Å². The molecule has 0 aliphatic heterocycles. The summed E-state index contributed by atoms with van der Waals surface area (Å²) in [7, 11) is 0. The molecule has 0 saturated heterocycles. The van der Waals surface area contributed by atoms with Gasteiger partial charge >= 0.3 is 0 Å². The molecule has 5 nitrogen and oxygen atoms in total. The Balaban J connectivity index is 2.58. The minimum absolute atomic E-state index is 0.0476. The van der Waals surface area contributed by atoms with Gasteiger partial charge in [-0.15, -0.1) is 0 Å². The second kappa shape index (κ2) is 5.61. The third-order valence-corrected chi connectivity index (χ3v) is 3.54. The summed E-state index contributed by atoms with van der Waals surface area (Å²) >= 11 is 0. The molecule has 1 unspecified atom stereocenters. The van der Waals surface area contributed by atoms with Crippen LogP contribution in [0.2, 0.25) is 0 Å². The Bertz CT molecular complexity index is 645. The van der Waals surface area contributed by atoms with Gasteiger partial charge in [0.1, 0.15) is 0 Å². The molecule has 0 aliphatic carbocycles. The van der Waals surface area contributed by atoms with Crippen molar-refractivity contribution in [1.29, 1.82) is 0 Å². The summed E-state index contributed by atoms with van der Waals surface area (Å²) in [6.45, 7) is 10.7. The Kier molecular flexibility index (Phi) is 4.06. The summed E-state index contributed by atoms with van der Waals surface area (Å²) in [5.41, 5.74) is 3.15. The summed E-state index contributed by atoms with van der Waals surface area (Å²) in [5, 5.41) is 8.34. The number of carbonyl (C=O) groups is 1. The van der Waals surface area contributed by atoms with E-state index in [1.54, 1.807) is 0 Å². The first-order valence-corrected chi connectivity index (χ1v) is 7.13. The van der Waals surface area contributed by atoms with Gasteiger partial charge in [-0.2, -0.15) is 5.10 Å². The Morgan fingerprint density at radius 3 is 2.70 bits per heavy atom. The number of fused-ring (bicyclic) bond motifs is 1. The number of rotatable bonds is 4. The third kappa shape index (κ3) is 2.53. The summed E-state index contributed by atoms with van der Waals surface area (Å²) in [5.74, 6) is -0.0476. The molecule has 2 heterocycles. The number of hydrogen-bond donors (Lipinski definition) is 1. The largest absolute Gasteiger partial charge is 0.350 e. The van der Waals surface area contributed by atoms with Crippen LogP contribution in [0.25, 0.3) is 11.0 Å². The fraction of sp³-hybridized carbons (Fsp3) is 0.533. The van der Waals surface area contributed by atoms with Gasteiger partial charge in [0.2, 0.25) is 0 Å². The van der Waals surface area contributed by atoms with Crippen molar-refractivity contribution in [2.75, 3.05) is 0 Å². The molecule has 0 spiro atoms. The van der Waals surface area contributed by atoms with Crippen molar-refractivity contribution >= 4 is 16.9 Å². The highest BCUT2D eigenvalue weighted by Gasteiger charge is 2.18. The van der Waals surface area contributed by atoms with Crippen LogP contribution in [0.15, 0.2) is 6.07 Å². The van der Waals surface area contributed by atoms with Crippen LogP contribution in [0.3, 0.4) is 0 Å². The molecule has 0 radical (unpaired) electrons. The molecule has 0 saturated carbocycles. The quantitative estimate of drug-likeness (QED) is 0.932. The van der Waals surface area contributed by atoms with Gasteiger partial charge in [0.05, 0.1) is 16.6 Å². The lowest BCUT2D eigenvalue weighted by atomic mass is 10.1. The molecule has 108 valence electrons. The summed E-state index contributed by atoms with van der Waals surface area (Å²) in [6, 6.07) is 2.00. The second-order valence-electron chi connectivity index (χ2n) is 5.19. The molecule has 0 fully saturated rings. The number of amides is 1. The van der Waals surface area contributed by atoms with Crippen LogP contribution in [-0.4, -0.2) is 26.7 Å². The van der Waals surface area contributed by atoms with E-state index in [4.69, 9.17) is 0 Å². The molecule has 2 aromatic heterocycles. The molecular weight excluding hydrogens is 252 g/mol. The van der Waals surface area contributed by atoms with Gasteiger partial charge in [-0.3, -0.25) is 4.79 Å². The van der Waals surface area contributed by atoms with Crippen LogP contribution in [0.1, 0.15) is 48.9 Å². The topological polar surface area (TPSA) is 59.8 Å². The second-order valence-corrected chi connectivity index (χ2v) is 5.19. The zero-order chi connectivity index (χ0) is 14.9. The molecule has 0 aromatic carbocycles. The molecule has 1 atom stereocenters. The standard InChI is InChI=1S/C15H22N4O/c1-6-9(3)17-15(20)12-8-10(4)16-14-13(12)11(5)18-19(14)7-2/h8-9H,6-7H2,1-5H3,(H,17,20). The zero-order valence-electron chi connectivity index (χ0n) is 12.8. The van der Waals surface area contributed by atoms with Crippen molar-refractivity contribution in [3.63, 3.8) is 0 Å². The van der Waals surface area contributed by atoms with Crippen molar-refractivity contribution in [2.24, 2.45) is 0 Å². The first-order valence-electron chi connectivity index (χ1n) is 7.13. The number of hydrogen-bond acceptors (Lipinski definition) is 3. The Morgan fingerprint density at radius 2 is 2.10 bits per heavy atom. The van der Waals surface area contributed by atoms with E-state index >= 15 is 0 Å². The average molecular weight is 274 g/mol. The molecule has 2 aromatic rings. The van der Waals surface area contributed by atoms with Crippen molar-refractivity contribution in [3.05, 3.63) is 23.0 Å². The van der Waals surface area contributed by atoms with E-state index in [0.717, 1.165) is 35.4 Å². The monoisotopic (exact) mass is 274 g/mol. The summed E-state index contributed by atoms with van der Waals surface area (Å²) in [4.78, 5) is 17.0. The van der Waals surface area contributed by atoms with Gasteiger partial charge in [0, 0.05) is 18.3 Å². The van der Waals surface area contributed by atoms with Crippen molar-refractivity contribution in [3.8, 4) is 0 Å². The molecule has 5 heteroatoms. The minimum atomic E-state index is -0.0476. The minimum Gasteiger partial charge on any atom is -0.350 e. The van der Waals surface area contributed by atoms with Crippen LogP contribution in [-0.2, 0) is 6.54 Å². The number of nitrogens with zero attached hydrogens (tertiary/aromatic N) is 3. The first kappa shape index (κ1) is 14.5. The lowest BCUT2D eigenvalue weighted by Gasteiger charge is -2.12.